The Morgan fingerprint density at radius 2 is 1.12 bits per heavy atom. The smallest absolute Gasteiger partial charge is 0.157 e. The molecule has 0 fully saturated rings. The lowest BCUT2D eigenvalue weighted by atomic mass is 10.1. The molecule has 0 amide bonds. The predicted molar refractivity (Wildman–Crippen MR) is 107 cm³/mol. The Bertz CT molecular complexity index is 633. The van der Waals surface area contributed by atoms with Crippen LogP contribution in [0, 0.1) is 0 Å². The molecule has 2 aromatic carbocycles. The summed E-state index contributed by atoms with van der Waals surface area (Å²) in [6.07, 6.45) is 5.21. The van der Waals surface area contributed by atoms with E-state index < -0.39 is 0 Å². The maximum atomic E-state index is 5.28. The minimum absolute atomic E-state index is 0.752. The van der Waals surface area contributed by atoms with Gasteiger partial charge in [-0.2, -0.15) is 0 Å². The highest BCUT2D eigenvalue weighted by atomic mass is 16.6. The van der Waals surface area contributed by atoms with Gasteiger partial charge in [0.1, 0.15) is 0 Å². The zero-order valence-electron chi connectivity index (χ0n) is 15.8. The predicted octanol–water partition coefficient (Wildman–Crippen LogP) is 4.87. The highest BCUT2D eigenvalue weighted by molar-refractivity contribution is 5.56. The van der Waals surface area contributed by atoms with Gasteiger partial charge in [0.2, 0.25) is 0 Å². The van der Waals surface area contributed by atoms with Gasteiger partial charge in [-0.1, -0.05) is 48.4 Å². The van der Waals surface area contributed by atoms with E-state index in [-0.39, 0.29) is 0 Å². The van der Waals surface area contributed by atoms with Crippen LogP contribution in [0.3, 0.4) is 0 Å². The normalized spacial score (nSPS) is 11.5. The summed E-state index contributed by atoms with van der Waals surface area (Å²) >= 11 is 0. The van der Waals surface area contributed by atoms with Crippen molar-refractivity contribution in [3.63, 3.8) is 0 Å². The molecule has 0 saturated heterocycles. The van der Waals surface area contributed by atoms with Crippen LogP contribution < -0.4 is 9.68 Å². The Morgan fingerprint density at radius 1 is 0.731 bits per heavy atom. The number of nitrogens with zero attached hydrogens (tertiary/aromatic N) is 3. The summed E-state index contributed by atoms with van der Waals surface area (Å²) in [7, 11) is 2.10. The van der Waals surface area contributed by atoms with Crippen molar-refractivity contribution >= 4 is 12.4 Å². The third kappa shape index (κ3) is 7.07. The molecule has 2 rings (SSSR count). The van der Waals surface area contributed by atoms with Crippen molar-refractivity contribution in [1.82, 2.24) is 4.90 Å². The summed E-state index contributed by atoms with van der Waals surface area (Å²) in [5, 5.41) is 7.77. The summed E-state index contributed by atoms with van der Waals surface area (Å²) < 4.78 is 0. The highest BCUT2D eigenvalue weighted by Crippen LogP contribution is 2.16. The summed E-state index contributed by atoms with van der Waals surface area (Å²) in [5.74, 6) is 1.50. The largest absolute Gasteiger partial charge is 0.357 e. The van der Waals surface area contributed by atoms with E-state index >= 15 is 0 Å². The standard InChI is InChI=1S/C21H27N3O2/c1-4-14-22-25-20-10-6-18(7-11-20)16-24(3)17-19-8-12-21(13-9-19)26-23-15-5-2/h6-15H,4-5,16-17H2,1-3H3/b22-14+,23-15+. The minimum Gasteiger partial charge on any atom is -0.357 e. The molecule has 0 aliphatic heterocycles. The average molecular weight is 353 g/mol. The fraction of sp³-hybridized carbons (Fsp3) is 0.333. The molecule has 0 saturated carbocycles. The Labute approximate surface area is 155 Å². The molecular weight excluding hydrogens is 326 g/mol. The molecule has 0 aliphatic rings. The van der Waals surface area contributed by atoms with Crippen LogP contribution in [0.5, 0.6) is 11.5 Å². The van der Waals surface area contributed by atoms with Crippen LogP contribution in [-0.2, 0) is 13.1 Å². The van der Waals surface area contributed by atoms with Crippen molar-refractivity contribution in [2.45, 2.75) is 39.8 Å². The van der Waals surface area contributed by atoms with Crippen LogP contribution in [0.4, 0.5) is 0 Å². The van der Waals surface area contributed by atoms with E-state index in [4.69, 9.17) is 9.68 Å². The van der Waals surface area contributed by atoms with Gasteiger partial charge >= 0.3 is 0 Å². The summed E-state index contributed by atoms with van der Waals surface area (Å²) in [6, 6.07) is 16.0. The van der Waals surface area contributed by atoms with Crippen LogP contribution in [0.1, 0.15) is 37.8 Å². The number of oxime groups is 2. The third-order valence-electron chi connectivity index (χ3n) is 3.58. The highest BCUT2D eigenvalue weighted by Gasteiger charge is 2.03. The fourth-order valence-electron chi connectivity index (χ4n) is 2.34. The van der Waals surface area contributed by atoms with Gasteiger partial charge in [-0.15, -0.1) is 0 Å². The van der Waals surface area contributed by atoms with E-state index in [0.29, 0.717) is 0 Å². The molecule has 0 heterocycles. The topological polar surface area (TPSA) is 46.4 Å². The average Bonchev–Trinajstić information content (AvgIpc) is 2.65. The molecule has 5 nitrogen and oxygen atoms in total. The quantitative estimate of drug-likeness (QED) is 0.452. The Kier molecular flexibility index (Phi) is 8.36. The SMILES string of the molecule is CC/C=N/Oc1ccc(CN(C)Cc2ccc(O/N=C/CC)cc2)cc1. The van der Waals surface area contributed by atoms with E-state index in [1.54, 1.807) is 12.4 Å². The molecule has 138 valence electrons. The van der Waals surface area contributed by atoms with E-state index in [2.05, 4.69) is 46.5 Å². The van der Waals surface area contributed by atoms with Gasteiger partial charge in [0.05, 0.1) is 0 Å². The van der Waals surface area contributed by atoms with Gasteiger partial charge < -0.3 is 9.68 Å². The number of hydrogen-bond acceptors (Lipinski definition) is 5. The zero-order valence-corrected chi connectivity index (χ0v) is 15.8. The van der Waals surface area contributed by atoms with Crippen molar-refractivity contribution in [2.24, 2.45) is 10.3 Å². The first-order valence-electron chi connectivity index (χ1n) is 8.95. The van der Waals surface area contributed by atoms with Crippen LogP contribution in [0.25, 0.3) is 0 Å². The van der Waals surface area contributed by atoms with Gasteiger partial charge in [-0.05, 0) is 55.3 Å². The monoisotopic (exact) mass is 353 g/mol. The Balaban J connectivity index is 1.83. The summed E-state index contributed by atoms with van der Waals surface area (Å²) in [6.45, 7) is 5.76. The van der Waals surface area contributed by atoms with Gasteiger partial charge in [0.15, 0.2) is 11.5 Å². The molecule has 0 aliphatic carbocycles. The van der Waals surface area contributed by atoms with Crippen molar-refractivity contribution in [3.8, 4) is 11.5 Å². The Hall–Kier alpha value is -2.66. The molecule has 0 aromatic heterocycles. The molecule has 0 radical (unpaired) electrons. The molecule has 0 atom stereocenters. The molecule has 0 unspecified atom stereocenters. The number of benzene rings is 2. The zero-order chi connectivity index (χ0) is 18.6. The first kappa shape index (κ1) is 19.7. The third-order valence-corrected chi connectivity index (χ3v) is 3.58. The lowest BCUT2D eigenvalue weighted by molar-refractivity contribution is 0.317. The van der Waals surface area contributed by atoms with E-state index in [0.717, 1.165) is 37.4 Å². The van der Waals surface area contributed by atoms with E-state index in [1.807, 2.05) is 38.1 Å². The molecule has 5 heteroatoms. The fourth-order valence-corrected chi connectivity index (χ4v) is 2.34. The van der Waals surface area contributed by atoms with Crippen molar-refractivity contribution in [2.75, 3.05) is 7.05 Å². The van der Waals surface area contributed by atoms with Gasteiger partial charge in [-0.3, -0.25) is 4.90 Å². The van der Waals surface area contributed by atoms with E-state index in [9.17, 15) is 0 Å². The second kappa shape index (κ2) is 11.1. The van der Waals surface area contributed by atoms with Crippen LogP contribution in [0.2, 0.25) is 0 Å². The first-order chi connectivity index (χ1) is 12.7. The summed E-state index contributed by atoms with van der Waals surface area (Å²) in [5.41, 5.74) is 2.46. The van der Waals surface area contributed by atoms with Crippen molar-refractivity contribution in [1.29, 1.82) is 0 Å². The maximum Gasteiger partial charge on any atom is 0.157 e. The molecule has 0 N–H and O–H groups in total. The lowest BCUT2D eigenvalue weighted by Crippen LogP contribution is -2.17. The second-order valence-electron chi connectivity index (χ2n) is 6.04. The van der Waals surface area contributed by atoms with Crippen molar-refractivity contribution < 1.29 is 9.68 Å². The summed E-state index contributed by atoms with van der Waals surface area (Å²) in [4.78, 5) is 12.8. The van der Waals surface area contributed by atoms with Crippen molar-refractivity contribution in [3.05, 3.63) is 59.7 Å². The molecule has 2 aromatic rings. The Morgan fingerprint density at radius 3 is 1.46 bits per heavy atom. The number of rotatable bonds is 10. The van der Waals surface area contributed by atoms with Crippen LogP contribution in [0.15, 0.2) is 58.8 Å². The number of hydrogen-bond donors (Lipinski definition) is 0. The van der Waals surface area contributed by atoms with Crippen LogP contribution in [-0.4, -0.2) is 24.4 Å². The van der Waals surface area contributed by atoms with Gasteiger partial charge in [0.25, 0.3) is 0 Å². The minimum atomic E-state index is 0.752. The maximum absolute atomic E-state index is 5.28. The molecule has 26 heavy (non-hydrogen) atoms. The van der Waals surface area contributed by atoms with Crippen LogP contribution >= 0.6 is 0 Å². The first-order valence-corrected chi connectivity index (χ1v) is 8.95. The molecular formula is C21H27N3O2. The van der Waals surface area contributed by atoms with E-state index in [1.165, 1.54) is 11.1 Å². The van der Waals surface area contributed by atoms with Gasteiger partial charge in [-0.25, -0.2) is 0 Å². The lowest BCUT2D eigenvalue weighted by Gasteiger charge is -2.17. The molecule has 0 spiro atoms. The molecule has 0 bridgehead atoms. The second-order valence-corrected chi connectivity index (χ2v) is 6.04. The van der Waals surface area contributed by atoms with Gasteiger partial charge in [0, 0.05) is 25.5 Å².